The van der Waals surface area contributed by atoms with E-state index >= 15 is 0 Å². The van der Waals surface area contributed by atoms with Crippen LogP contribution in [0.4, 0.5) is 10.5 Å². The van der Waals surface area contributed by atoms with Crippen molar-refractivity contribution in [3.63, 3.8) is 0 Å². The first kappa shape index (κ1) is 10.9. The molecule has 0 radical (unpaired) electrons. The average molecular weight is 246 g/mol. The van der Waals surface area contributed by atoms with Crippen molar-refractivity contribution in [1.82, 2.24) is 14.9 Å². The molecule has 94 valence electrons. The maximum Gasteiger partial charge on any atom is 0.407 e. The Bertz CT molecular complexity index is 572. The molecule has 0 unspecified atom stereocenters. The second-order valence-corrected chi connectivity index (χ2v) is 4.33. The number of H-pyrrole nitrogens is 1. The first-order valence-electron chi connectivity index (χ1n) is 5.90. The zero-order valence-electron chi connectivity index (χ0n) is 9.83. The van der Waals surface area contributed by atoms with Crippen LogP contribution in [0, 0.1) is 0 Å². The summed E-state index contributed by atoms with van der Waals surface area (Å²) in [5, 5.41) is 10.0. The van der Waals surface area contributed by atoms with Crippen LogP contribution in [0.1, 0.15) is 0 Å². The molecule has 2 N–H and O–H groups in total. The minimum Gasteiger partial charge on any atom is -0.465 e. The van der Waals surface area contributed by atoms with Gasteiger partial charge in [-0.15, -0.1) is 0 Å². The number of hydrogen-bond acceptors (Lipinski definition) is 3. The molecule has 1 saturated heterocycles. The van der Waals surface area contributed by atoms with E-state index in [1.54, 1.807) is 6.20 Å². The largest absolute Gasteiger partial charge is 0.465 e. The maximum atomic E-state index is 10.9. The number of nitrogens with one attached hydrogen (secondary N) is 1. The van der Waals surface area contributed by atoms with E-state index in [0.717, 1.165) is 29.8 Å². The summed E-state index contributed by atoms with van der Waals surface area (Å²) in [6, 6.07) is 3.98. The van der Waals surface area contributed by atoms with E-state index in [1.165, 1.54) is 4.90 Å². The van der Waals surface area contributed by atoms with Gasteiger partial charge in [-0.1, -0.05) is 0 Å². The molecule has 6 heteroatoms. The third kappa shape index (κ3) is 1.75. The number of nitrogens with zero attached hydrogens (tertiary/aromatic N) is 3. The van der Waals surface area contributed by atoms with Gasteiger partial charge in [0.25, 0.3) is 0 Å². The minimum absolute atomic E-state index is 0.545. The number of carboxylic acid groups (broad SMARTS) is 1. The number of fused-ring (bicyclic) bond motifs is 1. The third-order valence-electron chi connectivity index (χ3n) is 3.33. The summed E-state index contributed by atoms with van der Waals surface area (Å²) in [6.45, 7) is 2.53. The number of carbonyl (C=O) groups is 1. The van der Waals surface area contributed by atoms with E-state index in [1.807, 2.05) is 18.3 Å². The van der Waals surface area contributed by atoms with Gasteiger partial charge in [-0.05, 0) is 12.1 Å². The highest BCUT2D eigenvalue weighted by Gasteiger charge is 2.21. The second kappa shape index (κ2) is 4.21. The van der Waals surface area contributed by atoms with Gasteiger partial charge >= 0.3 is 6.09 Å². The molecule has 18 heavy (non-hydrogen) atoms. The summed E-state index contributed by atoms with van der Waals surface area (Å²) in [6.07, 6.45) is 2.81. The van der Waals surface area contributed by atoms with Crippen LogP contribution in [-0.2, 0) is 0 Å². The Morgan fingerprint density at radius 2 is 2.06 bits per heavy atom. The fourth-order valence-corrected chi connectivity index (χ4v) is 2.36. The molecule has 1 fully saturated rings. The molecular formula is C12H14N4O2. The highest BCUT2D eigenvalue weighted by Crippen LogP contribution is 2.25. The average Bonchev–Trinajstić information content (AvgIpc) is 2.87. The van der Waals surface area contributed by atoms with Crippen molar-refractivity contribution in [1.29, 1.82) is 0 Å². The van der Waals surface area contributed by atoms with Crippen LogP contribution in [0.2, 0.25) is 0 Å². The van der Waals surface area contributed by atoms with Crippen LogP contribution < -0.4 is 4.90 Å². The van der Waals surface area contributed by atoms with Crippen molar-refractivity contribution >= 4 is 22.8 Å². The molecule has 1 aliphatic rings. The van der Waals surface area contributed by atoms with Gasteiger partial charge in [0.2, 0.25) is 0 Å². The zero-order chi connectivity index (χ0) is 12.5. The Morgan fingerprint density at radius 3 is 2.78 bits per heavy atom. The molecule has 0 aliphatic carbocycles. The molecule has 0 saturated carbocycles. The Labute approximate surface area is 104 Å². The van der Waals surface area contributed by atoms with Crippen molar-refractivity contribution in [2.75, 3.05) is 31.1 Å². The molecule has 2 aromatic heterocycles. The molecular weight excluding hydrogens is 232 g/mol. The van der Waals surface area contributed by atoms with E-state index < -0.39 is 6.09 Å². The summed E-state index contributed by atoms with van der Waals surface area (Å²) in [5.74, 6) is 0. The van der Waals surface area contributed by atoms with Crippen molar-refractivity contribution in [2.45, 2.75) is 0 Å². The zero-order valence-corrected chi connectivity index (χ0v) is 9.83. The lowest BCUT2D eigenvalue weighted by Crippen LogP contribution is -2.48. The third-order valence-corrected chi connectivity index (χ3v) is 3.33. The number of piperazine rings is 1. The standard InChI is InChI=1S/C12H14N4O2/c17-12(18)16-7-5-15(6-8-16)10-2-4-14-11-9(10)1-3-13-11/h1-4H,5-8H2,(H,13,14)(H,17,18). The Hall–Kier alpha value is -2.24. The molecule has 0 spiro atoms. The van der Waals surface area contributed by atoms with Crippen LogP contribution in [0.3, 0.4) is 0 Å². The molecule has 6 nitrogen and oxygen atoms in total. The van der Waals surface area contributed by atoms with Gasteiger partial charge in [0.05, 0.1) is 0 Å². The quantitative estimate of drug-likeness (QED) is 0.797. The van der Waals surface area contributed by atoms with Crippen LogP contribution >= 0.6 is 0 Å². The summed E-state index contributed by atoms with van der Waals surface area (Å²) in [4.78, 5) is 21.9. The number of pyridine rings is 1. The molecule has 0 aromatic carbocycles. The fraction of sp³-hybridized carbons (Fsp3) is 0.333. The smallest absolute Gasteiger partial charge is 0.407 e. The van der Waals surface area contributed by atoms with E-state index in [0.29, 0.717) is 13.1 Å². The Kier molecular flexibility index (Phi) is 2.55. The minimum atomic E-state index is -0.837. The first-order valence-corrected chi connectivity index (χ1v) is 5.90. The van der Waals surface area contributed by atoms with Crippen molar-refractivity contribution in [3.8, 4) is 0 Å². The maximum absolute atomic E-state index is 10.9. The number of aromatic nitrogens is 2. The summed E-state index contributed by atoms with van der Waals surface area (Å²) in [7, 11) is 0. The highest BCUT2D eigenvalue weighted by atomic mass is 16.4. The number of rotatable bonds is 1. The molecule has 1 amide bonds. The van der Waals surface area contributed by atoms with Gasteiger partial charge < -0.3 is 19.9 Å². The van der Waals surface area contributed by atoms with Gasteiger partial charge in [-0.25, -0.2) is 9.78 Å². The molecule has 0 bridgehead atoms. The first-order chi connectivity index (χ1) is 8.75. The molecule has 2 aromatic rings. The highest BCUT2D eigenvalue weighted by molar-refractivity contribution is 5.89. The molecule has 3 rings (SSSR count). The SMILES string of the molecule is O=C(O)N1CCN(c2ccnc3[nH]ccc23)CC1. The predicted octanol–water partition coefficient (Wildman–Crippen LogP) is 1.36. The van der Waals surface area contributed by atoms with Crippen molar-refractivity contribution in [2.24, 2.45) is 0 Å². The van der Waals surface area contributed by atoms with E-state index in [-0.39, 0.29) is 0 Å². The van der Waals surface area contributed by atoms with E-state index in [9.17, 15) is 4.79 Å². The van der Waals surface area contributed by atoms with Crippen LogP contribution in [-0.4, -0.2) is 52.2 Å². The van der Waals surface area contributed by atoms with E-state index in [2.05, 4.69) is 14.9 Å². The Morgan fingerprint density at radius 1 is 1.28 bits per heavy atom. The van der Waals surface area contributed by atoms with Gasteiger partial charge in [0.15, 0.2) is 0 Å². The normalized spacial score (nSPS) is 16.2. The summed E-state index contributed by atoms with van der Waals surface area (Å²) in [5.41, 5.74) is 1.99. The van der Waals surface area contributed by atoms with Crippen LogP contribution in [0.15, 0.2) is 24.5 Å². The van der Waals surface area contributed by atoms with E-state index in [4.69, 9.17) is 5.11 Å². The number of amides is 1. The van der Waals surface area contributed by atoms with Gasteiger partial charge in [0.1, 0.15) is 5.65 Å². The fourth-order valence-electron chi connectivity index (χ4n) is 2.36. The molecule has 1 aliphatic heterocycles. The van der Waals surface area contributed by atoms with Crippen LogP contribution in [0.5, 0.6) is 0 Å². The van der Waals surface area contributed by atoms with Gasteiger partial charge in [0, 0.05) is 49.6 Å². The van der Waals surface area contributed by atoms with Crippen molar-refractivity contribution in [3.05, 3.63) is 24.5 Å². The number of hydrogen-bond donors (Lipinski definition) is 2. The number of aromatic amines is 1. The Balaban J connectivity index is 1.84. The number of anilines is 1. The van der Waals surface area contributed by atoms with Gasteiger partial charge in [-0.2, -0.15) is 0 Å². The lowest BCUT2D eigenvalue weighted by atomic mass is 10.2. The predicted molar refractivity (Wildman–Crippen MR) is 67.9 cm³/mol. The second-order valence-electron chi connectivity index (χ2n) is 4.33. The molecule has 3 heterocycles. The van der Waals surface area contributed by atoms with Crippen LogP contribution in [0.25, 0.3) is 11.0 Å². The van der Waals surface area contributed by atoms with Gasteiger partial charge in [-0.3, -0.25) is 0 Å². The molecule has 0 atom stereocenters. The monoisotopic (exact) mass is 246 g/mol. The summed E-state index contributed by atoms with van der Waals surface area (Å²) < 4.78 is 0. The van der Waals surface area contributed by atoms with Crippen molar-refractivity contribution < 1.29 is 9.90 Å². The summed E-state index contributed by atoms with van der Waals surface area (Å²) >= 11 is 0. The topological polar surface area (TPSA) is 72.5 Å². The lowest BCUT2D eigenvalue weighted by molar-refractivity contribution is 0.142. The lowest BCUT2D eigenvalue weighted by Gasteiger charge is -2.34.